The molecule has 0 spiro atoms. The van der Waals surface area contributed by atoms with Crippen LogP contribution in [-0.2, 0) is 10.0 Å². The fourth-order valence-corrected chi connectivity index (χ4v) is 4.95. The van der Waals surface area contributed by atoms with Crippen molar-refractivity contribution >= 4 is 38.5 Å². The van der Waals surface area contributed by atoms with Crippen LogP contribution in [0.25, 0.3) is 22.4 Å². The Kier molecular flexibility index (Phi) is 5.41. The zero-order valence-electron chi connectivity index (χ0n) is 15.7. The van der Waals surface area contributed by atoms with Crippen molar-refractivity contribution in [2.45, 2.75) is 25.3 Å². The number of piperidine rings is 1. The number of pyridine rings is 1. The minimum atomic E-state index is -3.32. The molecule has 1 atom stereocenters. The van der Waals surface area contributed by atoms with Crippen LogP contribution in [0.4, 0.5) is 10.2 Å². The molecule has 1 fully saturated rings. The predicted molar refractivity (Wildman–Crippen MR) is 110 cm³/mol. The Morgan fingerprint density at radius 3 is 2.97 bits per heavy atom. The molecule has 1 aliphatic rings. The smallest absolute Gasteiger partial charge is 0.211 e. The number of hydrogen-bond donors (Lipinski definition) is 2. The molecule has 0 unspecified atom stereocenters. The Morgan fingerprint density at radius 2 is 2.17 bits per heavy atom. The van der Waals surface area contributed by atoms with E-state index in [4.69, 9.17) is 11.6 Å². The van der Waals surface area contributed by atoms with Crippen LogP contribution in [0.5, 0.6) is 0 Å². The van der Waals surface area contributed by atoms with Crippen molar-refractivity contribution in [3.8, 4) is 11.4 Å². The Bertz CT molecular complexity index is 1150. The van der Waals surface area contributed by atoms with E-state index in [2.05, 4.69) is 25.3 Å². The highest BCUT2D eigenvalue weighted by Gasteiger charge is 2.29. The normalized spacial score (nSPS) is 18.2. The number of aromatic nitrogens is 4. The summed E-state index contributed by atoms with van der Waals surface area (Å²) in [6.45, 7) is 0.744. The van der Waals surface area contributed by atoms with Gasteiger partial charge in [0.2, 0.25) is 10.0 Å². The van der Waals surface area contributed by atoms with E-state index in [1.165, 1.54) is 16.8 Å². The Labute approximate surface area is 172 Å². The van der Waals surface area contributed by atoms with E-state index in [0.717, 1.165) is 24.4 Å². The number of anilines is 1. The fourth-order valence-electron chi connectivity index (χ4n) is 3.61. The summed E-state index contributed by atoms with van der Waals surface area (Å²) in [7, 11) is -3.32. The number of sulfonamides is 1. The lowest BCUT2D eigenvalue weighted by Gasteiger charge is -2.33. The van der Waals surface area contributed by atoms with Gasteiger partial charge in [-0.05, 0) is 18.9 Å². The standard InChI is InChI=1S/C18H20ClFN6O2S/c1-29(27,28)26-5-3-2-4-12(26)8-22-18-15(20)10-24-17(25-18)14-9-23-16-13(14)6-11(19)7-21-16/h6-7,9-10,12H,2-5,8H2,1H3,(H,21,23)(H,22,24,25)/t12-/m0/s1. The van der Waals surface area contributed by atoms with Crippen LogP contribution < -0.4 is 5.32 Å². The molecule has 1 aliphatic heterocycles. The second-order valence-corrected chi connectivity index (χ2v) is 9.42. The van der Waals surface area contributed by atoms with Crippen molar-refractivity contribution in [2.75, 3.05) is 24.7 Å². The molecule has 4 heterocycles. The van der Waals surface area contributed by atoms with Crippen molar-refractivity contribution in [1.29, 1.82) is 0 Å². The molecule has 0 saturated carbocycles. The van der Waals surface area contributed by atoms with E-state index in [-0.39, 0.29) is 18.4 Å². The number of halogens is 2. The number of nitrogens with one attached hydrogen (secondary N) is 2. The zero-order chi connectivity index (χ0) is 20.6. The van der Waals surface area contributed by atoms with Crippen LogP contribution >= 0.6 is 11.6 Å². The van der Waals surface area contributed by atoms with E-state index in [1.807, 2.05) is 0 Å². The van der Waals surface area contributed by atoms with Gasteiger partial charge in [0.05, 0.1) is 17.5 Å². The third-order valence-electron chi connectivity index (χ3n) is 4.99. The van der Waals surface area contributed by atoms with Gasteiger partial charge in [-0.3, -0.25) is 0 Å². The molecule has 0 amide bonds. The highest BCUT2D eigenvalue weighted by Crippen LogP contribution is 2.28. The summed E-state index contributed by atoms with van der Waals surface area (Å²) in [5, 5.41) is 4.16. The Morgan fingerprint density at radius 1 is 1.34 bits per heavy atom. The van der Waals surface area contributed by atoms with Gasteiger partial charge in [-0.2, -0.15) is 4.31 Å². The summed E-state index contributed by atoms with van der Waals surface area (Å²) in [6, 6.07) is 1.49. The van der Waals surface area contributed by atoms with E-state index >= 15 is 0 Å². The molecular weight excluding hydrogens is 419 g/mol. The average Bonchev–Trinajstić information content (AvgIpc) is 3.10. The van der Waals surface area contributed by atoms with Gasteiger partial charge in [0.15, 0.2) is 17.5 Å². The van der Waals surface area contributed by atoms with Gasteiger partial charge in [-0.25, -0.2) is 27.8 Å². The number of H-pyrrole nitrogens is 1. The Balaban J connectivity index is 1.59. The van der Waals surface area contributed by atoms with Gasteiger partial charge < -0.3 is 10.3 Å². The number of fused-ring (bicyclic) bond motifs is 1. The van der Waals surface area contributed by atoms with E-state index in [1.54, 1.807) is 12.3 Å². The van der Waals surface area contributed by atoms with Gasteiger partial charge in [0, 0.05) is 42.5 Å². The largest absolute Gasteiger partial charge is 0.366 e. The molecule has 4 rings (SSSR count). The van der Waals surface area contributed by atoms with E-state index < -0.39 is 15.8 Å². The summed E-state index contributed by atoms with van der Waals surface area (Å²) in [5.41, 5.74) is 1.27. The maximum absolute atomic E-state index is 14.3. The second kappa shape index (κ2) is 7.85. The number of nitrogens with zero attached hydrogens (tertiary/aromatic N) is 4. The molecule has 29 heavy (non-hydrogen) atoms. The average molecular weight is 439 g/mol. The van der Waals surface area contributed by atoms with Crippen LogP contribution in [-0.4, -0.2) is 58.0 Å². The van der Waals surface area contributed by atoms with Crippen molar-refractivity contribution in [3.63, 3.8) is 0 Å². The first kappa shape index (κ1) is 20.0. The van der Waals surface area contributed by atoms with Crippen molar-refractivity contribution < 1.29 is 12.8 Å². The molecule has 0 radical (unpaired) electrons. The maximum atomic E-state index is 14.3. The molecular formula is C18H20ClFN6O2S. The third-order valence-corrected chi connectivity index (χ3v) is 6.53. The quantitative estimate of drug-likeness (QED) is 0.634. The van der Waals surface area contributed by atoms with Gasteiger partial charge in [-0.1, -0.05) is 18.0 Å². The molecule has 2 N–H and O–H groups in total. The summed E-state index contributed by atoms with van der Waals surface area (Å²) in [5.74, 6) is -0.266. The highest BCUT2D eigenvalue weighted by molar-refractivity contribution is 7.88. The lowest BCUT2D eigenvalue weighted by molar-refractivity contribution is 0.263. The molecule has 3 aromatic heterocycles. The molecule has 3 aromatic rings. The first-order chi connectivity index (χ1) is 13.8. The van der Waals surface area contributed by atoms with Gasteiger partial charge in [-0.15, -0.1) is 0 Å². The summed E-state index contributed by atoms with van der Waals surface area (Å²) in [6.07, 6.45) is 7.98. The van der Waals surface area contributed by atoms with Crippen LogP contribution in [0.3, 0.4) is 0 Å². The maximum Gasteiger partial charge on any atom is 0.211 e. The van der Waals surface area contributed by atoms with Crippen LogP contribution in [0.15, 0.2) is 24.7 Å². The topological polar surface area (TPSA) is 104 Å². The van der Waals surface area contributed by atoms with Crippen LogP contribution in [0.2, 0.25) is 5.02 Å². The highest BCUT2D eigenvalue weighted by atomic mass is 35.5. The van der Waals surface area contributed by atoms with E-state index in [9.17, 15) is 12.8 Å². The third kappa shape index (κ3) is 4.19. The van der Waals surface area contributed by atoms with Crippen molar-refractivity contribution in [1.82, 2.24) is 24.2 Å². The van der Waals surface area contributed by atoms with Crippen molar-refractivity contribution in [2.24, 2.45) is 0 Å². The van der Waals surface area contributed by atoms with Crippen LogP contribution in [0.1, 0.15) is 19.3 Å². The lowest BCUT2D eigenvalue weighted by atomic mass is 10.1. The first-order valence-corrected chi connectivity index (χ1v) is 11.4. The molecule has 154 valence electrons. The monoisotopic (exact) mass is 438 g/mol. The van der Waals surface area contributed by atoms with Gasteiger partial charge in [0.25, 0.3) is 0 Å². The molecule has 11 heteroatoms. The minimum Gasteiger partial charge on any atom is -0.366 e. The number of aromatic amines is 1. The van der Waals surface area contributed by atoms with Gasteiger partial charge in [0.1, 0.15) is 5.65 Å². The summed E-state index contributed by atoms with van der Waals surface area (Å²) in [4.78, 5) is 15.6. The molecule has 0 aliphatic carbocycles. The molecule has 8 nitrogen and oxygen atoms in total. The summed E-state index contributed by atoms with van der Waals surface area (Å²) >= 11 is 6.03. The first-order valence-electron chi connectivity index (χ1n) is 9.19. The molecule has 1 saturated heterocycles. The van der Waals surface area contributed by atoms with Crippen LogP contribution in [0, 0.1) is 5.82 Å². The minimum absolute atomic E-state index is 0.0263. The molecule has 0 aromatic carbocycles. The zero-order valence-corrected chi connectivity index (χ0v) is 17.3. The number of rotatable bonds is 5. The lowest BCUT2D eigenvalue weighted by Crippen LogP contribution is -2.46. The van der Waals surface area contributed by atoms with E-state index in [0.29, 0.717) is 35.0 Å². The van der Waals surface area contributed by atoms with Gasteiger partial charge >= 0.3 is 0 Å². The van der Waals surface area contributed by atoms with Crippen molar-refractivity contribution in [3.05, 3.63) is 35.5 Å². The fraction of sp³-hybridized carbons (Fsp3) is 0.389. The second-order valence-electron chi connectivity index (χ2n) is 7.05. The predicted octanol–water partition coefficient (Wildman–Crippen LogP) is 3.04. The molecule has 0 bridgehead atoms. The SMILES string of the molecule is CS(=O)(=O)N1CCCC[C@H]1CNc1nc(-c2c[nH]c3ncc(Cl)cc23)ncc1F. The number of hydrogen-bond acceptors (Lipinski definition) is 6. The summed E-state index contributed by atoms with van der Waals surface area (Å²) < 4.78 is 39.8. The Hall–Kier alpha value is -2.30.